The summed E-state index contributed by atoms with van der Waals surface area (Å²) < 4.78 is 29.3. The molecule has 0 atom stereocenters. The highest BCUT2D eigenvalue weighted by molar-refractivity contribution is 7.14. The molecule has 10 heteroatoms. The zero-order valence-corrected chi connectivity index (χ0v) is 18.8. The number of nitrogens with zero attached hydrogens (tertiary/aromatic N) is 4. The first kappa shape index (κ1) is 21.4. The van der Waals surface area contributed by atoms with Gasteiger partial charge in [0.05, 0.1) is 22.3 Å². The Labute approximate surface area is 195 Å². The fraction of sp³-hybridized carbons (Fsp3) is 0.130. The first-order valence-corrected chi connectivity index (χ1v) is 11.2. The first-order chi connectivity index (χ1) is 15.8. The number of thiazole rings is 1. The van der Waals surface area contributed by atoms with Crippen LogP contribution in [-0.4, -0.2) is 20.4 Å². The minimum atomic E-state index is -0.862. The van der Waals surface area contributed by atoms with Crippen LogP contribution in [0.2, 0.25) is 5.02 Å². The van der Waals surface area contributed by atoms with E-state index in [2.05, 4.69) is 9.97 Å². The lowest BCUT2D eigenvalue weighted by atomic mass is 10.2. The van der Waals surface area contributed by atoms with Crippen LogP contribution in [0.15, 0.2) is 46.6 Å². The Hall–Kier alpha value is -3.43. The van der Waals surface area contributed by atoms with Gasteiger partial charge in [-0.25, -0.2) is 18.7 Å². The number of carbonyl (C=O) groups excluding carboxylic acids is 1. The van der Waals surface area contributed by atoms with E-state index >= 15 is 0 Å². The molecule has 1 aliphatic rings. The van der Waals surface area contributed by atoms with E-state index < -0.39 is 17.5 Å². The Morgan fingerprint density at radius 2 is 2.03 bits per heavy atom. The van der Waals surface area contributed by atoms with Gasteiger partial charge in [0.25, 0.3) is 5.56 Å². The maximum Gasteiger partial charge on any atom is 0.261 e. The molecular formula is C23H15ClF2N4O2S. The van der Waals surface area contributed by atoms with Gasteiger partial charge < -0.3 is 0 Å². The van der Waals surface area contributed by atoms with Crippen molar-refractivity contribution in [1.82, 2.24) is 14.5 Å². The smallest absolute Gasteiger partial charge is 0.261 e. The van der Waals surface area contributed by atoms with Crippen molar-refractivity contribution in [3.63, 3.8) is 0 Å². The maximum absolute atomic E-state index is 14.3. The molecule has 2 aromatic carbocycles. The molecule has 5 rings (SSSR count). The lowest BCUT2D eigenvalue weighted by molar-refractivity contribution is -0.115. The van der Waals surface area contributed by atoms with Crippen LogP contribution >= 0.6 is 22.9 Å². The average Bonchev–Trinajstić information content (AvgIpc) is 3.37. The van der Waals surface area contributed by atoms with Gasteiger partial charge in [0.15, 0.2) is 5.13 Å². The number of aromatic nitrogens is 3. The molecule has 2 aromatic heterocycles. The van der Waals surface area contributed by atoms with E-state index in [1.807, 2.05) is 0 Å². The Balaban J connectivity index is 1.54. The summed E-state index contributed by atoms with van der Waals surface area (Å²) in [6, 6.07) is 7.98. The van der Waals surface area contributed by atoms with Gasteiger partial charge >= 0.3 is 0 Å². The third-order valence-corrected chi connectivity index (χ3v) is 6.38. The number of amides is 1. The van der Waals surface area contributed by atoms with Crippen molar-refractivity contribution < 1.29 is 13.6 Å². The minimum absolute atomic E-state index is 0.0831. The van der Waals surface area contributed by atoms with Crippen molar-refractivity contribution in [2.75, 3.05) is 4.90 Å². The van der Waals surface area contributed by atoms with Crippen LogP contribution in [0.3, 0.4) is 0 Å². The van der Waals surface area contributed by atoms with Gasteiger partial charge in [-0.1, -0.05) is 11.6 Å². The van der Waals surface area contributed by atoms with E-state index in [0.717, 1.165) is 33.9 Å². The van der Waals surface area contributed by atoms with E-state index in [-0.39, 0.29) is 16.4 Å². The lowest BCUT2D eigenvalue weighted by Gasteiger charge is -2.18. The largest absolute Gasteiger partial charge is 0.292 e. The molecule has 33 heavy (non-hydrogen) atoms. The van der Waals surface area contributed by atoms with Crippen molar-refractivity contribution >= 4 is 62.2 Å². The van der Waals surface area contributed by atoms with E-state index in [9.17, 15) is 18.4 Å². The van der Waals surface area contributed by atoms with Crippen LogP contribution in [0.25, 0.3) is 22.6 Å². The van der Waals surface area contributed by atoms with Gasteiger partial charge in [-0.05, 0) is 48.4 Å². The highest BCUT2D eigenvalue weighted by Gasteiger charge is 2.24. The summed E-state index contributed by atoms with van der Waals surface area (Å²) in [5, 5.41) is 2.95. The predicted molar refractivity (Wildman–Crippen MR) is 125 cm³/mol. The van der Waals surface area contributed by atoms with Crippen molar-refractivity contribution in [3.05, 3.63) is 80.3 Å². The molecule has 0 N–H and O–H groups in total. The molecule has 3 heterocycles. The van der Waals surface area contributed by atoms with Gasteiger partial charge in [0, 0.05) is 29.9 Å². The van der Waals surface area contributed by atoms with Gasteiger partial charge in [-0.15, -0.1) is 11.3 Å². The van der Waals surface area contributed by atoms with Crippen LogP contribution in [0.5, 0.6) is 0 Å². The fourth-order valence-electron chi connectivity index (χ4n) is 3.82. The van der Waals surface area contributed by atoms with Crippen LogP contribution in [0.4, 0.5) is 19.6 Å². The first-order valence-electron chi connectivity index (χ1n) is 9.94. The molecule has 1 aliphatic heterocycles. The Morgan fingerprint density at radius 3 is 2.79 bits per heavy atom. The van der Waals surface area contributed by atoms with Crippen molar-refractivity contribution in [2.45, 2.75) is 19.9 Å². The number of rotatable bonds is 3. The van der Waals surface area contributed by atoms with Crippen LogP contribution in [-0.2, 0) is 11.3 Å². The number of benzene rings is 2. The summed E-state index contributed by atoms with van der Waals surface area (Å²) in [7, 11) is 0. The molecule has 6 nitrogen and oxygen atoms in total. The molecule has 0 saturated heterocycles. The molecule has 0 spiro atoms. The second kappa shape index (κ2) is 8.17. The summed E-state index contributed by atoms with van der Waals surface area (Å²) in [6.07, 6.45) is 2.38. The number of hydrogen-bond donors (Lipinski definition) is 0. The molecule has 0 radical (unpaired) electrons. The second-order valence-corrected chi connectivity index (χ2v) is 8.75. The predicted octanol–water partition coefficient (Wildman–Crippen LogP) is 5.41. The van der Waals surface area contributed by atoms with E-state index in [0.29, 0.717) is 40.4 Å². The number of hydrogen-bond acceptors (Lipinski definition) is 5. The Kier molecular flexibility index (Phi) is 5.30. The average molecular weight is 485 g/mol. The van der Waals surface area contributed by atoms with Crippen LogP contribution in [0.1, 0.15) is 24.9 Å². The van der Waals surface area contributed by atoms with Gasteiger partial charge in [0.2, 0.25) is 5.91 Å². The maximum atomic E-state index is 14.3. The fourth-order valence-corrected chi connectivity index (χ4v) is 4.82. The summed E-state index contributed by atoms with van der Waals surface area (Å²) in [6.45, 7) is 1.77. The van der Waals surface area contributed by atoms with Crippen LogP contribution < -0.4 is 10.5 Å². The van der Waals surface area contributed by atoms with E-state index in [4.69, 9.17) is 11.6 Å². The quantitative estimate of drug-likeness (QED) is 0.390. The van der Waals surface area contributed by atoms with Crippen LogP contribution in [0, 0.1) is 11.6 Å². The highest BCUT2D eigenvalue weighted by atomic mass is 35.5. The third-order valence-electron chi connectivity index (χ3n) is 5.30. The molecule has 0 bridgehead atoms. The number of fused-ring (bicyclic) bond motifs is 2. The molecule has 4 aromatic rings. The zero-order chi connectivity index (χ0) is 23.3. The normalized spacial score (nSPS) is 14.1. The number of carbonyl (C=O) groups is 1. The standard InChI is InChI=1S/C23H15ClF2N4O2S/c1-12(31)30(20-5-3-15(25)10-18(20)26)23-27-16(11-33-23)8-13-6-7-29-21(13)28-19-9-14(24)2-4-17(19)22(29)32/h2-5,8-11H,6-7H2,1H3/b13-8+. The van der Waals surface area contributed by atoms with Crippen molar-refractivity contribution in [3.8, 4) is 0 Å². The molecule has 0 unspecified atom stereocenters. The Bertz CT molecular complexity index is 1530. The molecule has 0 aliphatic carbocycles. The summed E-state index contributed by atoms with van der Waals surface area (Å²) in [4.78, 5) is 35.3. The zero-order valence-electron chi connectivity index (χ0n) is 17.2. The molecule has 0 saturated carbocycles. The monoisotopic (exact) mass is 484 g/mol. The number of halogens is 3. The van der Waals surface area contributed by atoms with Crippen molar-refractivity contribution in [1.29, 1.82) is 0 Å². The molecule has 166 valence electrons. The molecule has 1 amide bonds. The van der Waals surface area contributed by atoms with Gasteiger partial charge in [-0.3, -0.25) is 19.1 Å². The summed E-state index contributed by atoms with van der Waals surface area (Å²) >= 11 is 7.21. The number of anilines is 2. The molecular weight excluding hydrogens is 470 g/mol. The Morgan fingerprint density at radius 1 is 1.21 bits per heavy atom. The highest BCUT2D eigenvalue weighted by Crippen LogP contribution is 2.33. The van der Waals surface area contributed by atoms with E-state index in [1.54, 1.807) is 34.2 Å². The third kappa shape index (κ3) is 3.83. The van der Waals surface area contributed by atoms with Gasteiger partial charge in [-0.2, -0.15) is 0 Å². The lowest BCUT2D eigenvalue weighted by Crippen LogP contribution is -2.23. The molecule has 0 fully saturated rings. The van der Waals surface area contributed by atoms with E-state index in [1.165, 1.54) is 13.0 Å². The summed E-state index contributed by atoms with van der Waals surface area (Å²) in [5.41, 5.74) is 1.64. The minimum Gasteiger partial charge on any atom is -0.292 e. The summed E-state index contributed by atoms with van der Waals surface area (Å²) in [5.74, 6) is -1.52. The number of allylic oxidation sites excluding steroid dienone is 1. The van der Waals surface area contributed by atoms with Gasteiger partial charge in [0.1, 0.15) is 17.5 Å². The topological polar surface area (TPSA) is 68.1 Å². The second-order valence-electron chi connectivity index (χ2n) is 7.48. The SMILES string of the molecule is CC(=O)N(c1nc(/C=C2\CCn3c2nc2cc(Cl)ccc2c3=O)cs1)c1ccc(F)cc1F. The van der Waals surface area contributed by atoms with Crippen molar-refractivity contribution in [2.24, 2.45) is 0 Å².